The first-order valence-electron chi connectivity index (χ1n) is 7.05. The molecule has 0 bridgehead atoms. The Morgan fingerprint density at radius 1 is 1.12 bits per heavy atom. The maximum atomic E-state index is 12.2. The standard InChI is InChI=1S/C15H10F3N3O4/c16-15(17,18)5-6-20-8-9(7-19-20)14(24)25-21-12(22)10-3-1-2-4-11(10)13(21)23/h1-4,7-8H,5-6H2. The topological polar surface area (TPSA) is 81.5 Å². The Morgan fingerprint density at radius 3 is 2.28 bits per heavy atom. The van der Waals surface area contributed by atoms with E-state index in [2.05, 4.69) is 5.10 Å². The molecule has 7 nitrogen and oxygen atoms in total. The van der Waals surface area contributed by atoms with E-state index in [1.165, 1.54) is 12.1 Å². The summed E-state index contributed by atoms with van der Waals surface area (Å²) in [6, 6.07) is 5.94. The van der Waals surface area contributed by atoms with Crippen molar-refractivity contribution in [2.24, 2.45) is 0 Å². The molecule has 0 saturated carbocycles. The van der Waals surface area contributed by atoms with Crippen LogP contribution in [-0.4, -0.2) is 38.8 Å². The van der Waals surface area contributed by atoms with E-state index in [1.54, 1.807) is 12.1 Å². The first kappa shape index (κ1) is 16.7. The molecule has 0 fully saturated rings. The number of carbonyl (C=O) groups excluding carboxylic acids is 3. The summed E-state index contributed by atoms with van der Waals surface area (Å²) in [5.74, 6) is -2.66. The Bertz CT molecular complexity index is 825. The van der Waals surface area contributed by atoms with Crippen molar-refractivity contribution in [1.82, 2.24) is 14.8 Å². The minimum atomic E-state index is -4.35. The van der Waals surface area contributed by atoms with Crippen LogP contribution < -0.4 is 0 Å². The molecular weight excluding hydrogens is 343 g/mol. The lowest BCUT2D eigenvalue weighted by Crippen LogP contribution is -2.32. The van der Waals surface area contributed by atoms with Gasteiger partial charge < -0.3 is 4.84 Å². The number of carbonyl (C=O) groups is 3. The molecular formula is C15H10F3N3O4. The van der Waals surface area contributed by atoms with Crippen molar-refractivity contribution in [3.63, 3.8) is 0 Å². The van der Waals surface area contributed by atoms with Gasteiger partial charge in [0, 0.05) is 12.7 Å². The van der Waals surface area contributed by atoms with Gasteiger partial charge in [0.25, 0.3) is 11.8 Å². The van der Waals surface area contributed by atoms with E-state index in [4.69, 9.17) is 4.84 Å². The highest BCUT2D eigenvalue weighted by Gasteiger charge is 2.39. The Kier molecular flexibility index (Phi) is 4.03. The zero-order chi connectivity index (χ0) is 18.2. The average Bonchev–Trinajstić information content (AvgIpc) is 3.12. The maximum absolute atomic E-state index is 12.2. The van der Waals surface area contributed by atoms with Crippen LogP contribution in [0.2, 0.25) is 0 Å². The van der Waals surface area contributed by atoms with Crippen LogP contribution in [0.5, 0.6) is 0 Å². The van der Waals surface area contributed by atoms with Crippen molar-refractivity contribution in [1.29, 1.82) is 0 Å². The molecule has 0 radical (unpaired) electrons. The quantitative estimate of drug-likeness (QED) is 0.787. The summed E-state index contributed by atoms with van der Waals surface area (Å²) in [6.07, 6.45) is -3.42. The predicted molar refractivity (Wildman–Crippen MR) is 75.3 cm³/mol. The number of benzene rings is 1. The van der Waals surface area contributed by atoms with Gasteiger partial charge in [-0.25, -0.2) is 4.79 Å². The number of aromatic nitrogens is 2. The molecule has 0 N–H and O–H groups in total. The summed E-state index contributed by atoms with van der Waals surface area (Å²) in [7, 11) is 0. The van der Waals surface area contributed by atoms with E-state index >= 15 is 0 Å². The van der Waals surface area contributed by atoms with Gasteiger partial charge in [-0.1, -0.05) is 17.2 Å². The third-order valence-electron chi connectivity index (χ3n) is 3.42. The van der Waals surface area contributed by atoms with Gasteiger partial charge >= 0.3 is 12.1 Å². The molecule has 25 heavy (non-hydrogen) atoms. The van der Waals surface area contributed by atoms with E-state index < -0.39 is 36.9 Å². The van der Waals surface area contributed by atoms with Crippen LogP contribution in [0.1, 0.15) is 37.5 Å². The molecule has 1 aliphatic rings. The summed E-state index contributed by atoms with van der Waals surface area (Å²) in [6.45, 7) is -0.468. The molecule has 1 aliphatic heterocycles. The molecule has 1 aromatic carbocycles. The van der Waals surface area contributed by atoms with Crippen molar-refractivity contribution < 1.29 is 32.4 Å². The van der Waals surface area contributed by atoms with Gasteiger partial charge in [-0.2, -0.15) is 18.3 Å². The second-order valence-corrected chi connectivity index (χ2v) is 5.19. The second kappa shape index (κ2) is 6.04. The summed E-state index contributed by atoms with van der Waals surface area (Å²) in [4.78, 5) is 40.9. The van der Waals surface area contributed by atoms with Crippen molar-refractivity contribution >= 4 is 17.8 Å². The fraction of sp³-hybridized carbons (Fsp3) is 0.200. The van der Waals surface area contributed by atoms with Crippen LogP contribution in [0.3, 0.4) is 0 Å². The van der Waals surface area contributed by atoms with Gasteiger partial charge in [0.2, 0.25) is 0 Å². The SMILES string of the molecule is O=C(ON1C(=O)c2ccccc2C1=O)c1cnn(CCC(F)(F)F)c1. The zero-order valence-corrected chi connectivity index (χ0v) is 12.5. The molecule has 1 aromatic heterocycles. The Labute approximate surface area is 138 Å². The lowest BCUT2D eigenvalue weighted by Gasteiger charge is -2.11. The van der Waals surface area contributed by atoms with Crippen LogP contribution in [0.15, 0.2) is 36.7 Å². The molecule has 0 saturated heterocycles. The molecule has 130 valence electrons. The number of fused-ring (bicyclic) bond motifs is 1. The Balaban J connectivity index is 1.69. The van der Waals surface area contributed by atoms with E-state index in [0.29, 0.717) is 5.06 Å². The van der Waals surface area contributed by atoms with Gasteiger partial charge in [0.15, 0.2) is 0 Å². The lowest BCUT2D eigenvalue weighted by atomic mass is 10.1. The van der Waals surface area contributed by atoms with Gasteiger partial charge in [0.05, 0.1) is 29.3 Å². The van der Waals surface area contributed by atoms with E-state index in [0.717, 1.165) is 17.1 Å². The van der Waals surface area contributed by atoms with Gasteiger partial charge in [-0.3, -0.25) is 14.3 Å². The molecule has 0 aliphatic carbocycles. The Hall–Kier alpha value is -3.17. The highest BCUT2D eigenvalue weighted by Crippen LogP contribution is 2.23. The molecule has 2 heterocycles. The number of rotatable bonds is 4. The van der Waals surface area contributed by atoms with Crippen LogP contribution >= 0.6 is 0 Å². The molecule has 2 amide bonds. The number of hydrogen-bond donors (Lipinski definition) is 0. The van der Waals surface area contributed by atoms with Gasteiger partial charge in [0.1, 0.15) is 0 Å². The fourth-order valence-corrected chi connectivity index (χ4v) is 2.22. The van der Waals surface area contributed by atoms with Crippen molar-refractivity contribution in [2.45, 2.75) is 19.1 Å². The molecule has 0 atom stereocenters. The summed E-state index contributed by atoms with van der Waals surface area (Å²) >= 11 is 0. The van der Waals surface area contributed by atoms with Crippen LogP contribution in [-0.2, 0) is 11.4 Å². The minimum absolute atomic E-state index is 0.0983. The first-order chi connectivity index (χ1) is 11.8. The van der Waals surface area contributed by atoms with Crippen molar-refractivity contribution in [3.05, 3.63) is 53.3 Å². The number of nitrogens with zero attached hydrogens (tertiary/aromatic N) is 3. The first-order valence-corrected chi connectivity index (χ1v) is 7.05. The van der Waals surface area contributed by atoms with E-state index in [9.17, 15) is 27.6 Å². The van der Waals surface area contributed by atoms with E-state index in [1.807, 2.05) is 0 Å². The van der Waals surface area contributed by atoms with Crippen molar-refractivity contribution in [2.75, 3.05) is 0 Å². The van der Waals surface area contributed by atoms with Crippen LogP contribution in [0.25, 0.3) is 0 Å². The highest BCUT2D eigenvalue weighted by atomic mass is 19.4. The molecule has 0 unspecified atom stereocenters. The highest BCUT2D eigenvalue weighted by molar-refractivity contribution is 6.21. The van der Waals surface area contributed by atoms with Crippen molar-refractivity contribution in [3.8, 4) is 0 Å². The van der Waals surface area contributed by atoms with Crippen LogP contribution in [0.4, 0.5) is 13.2 Å². The number of aryl methyl sites for hydroxylation is 1. The Morgan fingerprint density at radius 2 is 1.72 bits per heavy atom. The normalized spacial score (nSPS) is 14.0. The molecule has 10 heteroatoms. The van der Waals surface area contributed by atoms with Crippen LogP contribution in [0, 0.1) is 0 Å². The largest absolute Gasteiger partial charge is 0.390 e. The third-order valence-corrected chi connectivity index (χ3v) is 3.42. The number of imide groups is 1. The predicted octanol–water partition coefficient (Wildman–Crippen LogP) is 2.20. The minimum Gasteiger partial charge on any atom is -0.324 e. The summed E-state index contributed by atoms with van der Waals surface area (Å²) in [5.41, 5.74) is 0.0149. The lowest BCUT2D eigenvalue weighted by molar-refractivity contribution is -0.137. The second-order valence-electron chi connectivity index (χ2n) is 5.19. The monoisotopic (exact) mass is 353 g/mol. The van der Waals surface area contributed by atoms with Gasteiger partial charge in [-0.15, -0.1) is 0 Å². The molecule has 2 aromatic rings. The van der Waals surface area contributed by atoms with Gasteiger partial charge in [-0.05, 0) is 12.1 Å². The summed E-state index contributed by atoms with van der Waals surface area (Å²) < 4.78 is 37.5. The average molecular weight is 353 g/mol. The number of alkyl halides is 3. The summed E-state index contributed by atoms with van der Waals surface area (Å²) in [5, 5.41) is 3.94. The zero-order valence-electron chi connectivity index (χ0n) is 12.5. The number of amides is 2. The van der Waals surface area contributed by atoms with E-state index in [-0.39, 0.29) is 16.7 Å². The molecule has 0 spiro atoms. The maximum Gasteiger partial charge on any atom is 0.390 e. The third kappa shape index (κ3) is 3.37. The molecule has 3 rings (SSSR count). The number of halogens is 3. The number of hydroxylamine groups is 2. The fourth-order valence-electron chi connectivity index (χ4n) is 2.22. The smallest absolute Gasteiger partial charge is 0.324 e. The number of hydrogen-bond acceptors (Lipinski definition) is 5.